The highest BCUT2D eigenvalue weighted by Crippen LogP contribution is 2.25. The summed E-state index contributed by atoms with van der Waals surface area (Å²) in [6.45, 7) is 1.77. The number of rotatable bonds is 3. The number of hydrogen-bond acceptors (Lipinski definition) is 4. The fourth-order valence-electron chi connectivity index (χ4n) is 2.83. The van der Waals surface area contributed by atoms with Crippen LogP contribution in [0.4, 0.5) is 0 Å². The highest BCUT2D eigenvalue weighted by atomic mass is 79.9. The van der Waals surface area contributed by atoms with Gasteiger partial charge in [-0.3, -0.25) is 4.79 Å². The molecule has 0 aliphatic rings. The van der Waals surface area contributed by atoms with E-state index in [0.29, 0.717) is 16.9 Å². The van der Waals surface area contributed by atoms with Crippen LogP contribution in [0.25, 0.3) is 21.9 Å². The maximum Gasteiger partial charge on any atom is 0.298 e. The SMILES string of the molecule is COc1ccc(/C=N\n2c(C)nc3c([nH]c4ccc(Br)cc43)c2=O)cc1. The number of aromatic amines is 1. The van der Waals surface area contributed by atoms with E-state index in [1.165, 1.54) is 4.68 Å². The zero-order valence-electron chi connectivity index (χ0n) is 14.2. The average Bonchev–Trinajstić information content (AvgIpc) is 3.00. The molecule has 2 aromatic heterocycles. The quantitative estimate of drug-likeness (QED) is 0.521. The second kappa shape index (κ2) is 6.42. The Bertz CT molecular complexity index is 1210. The molecule has 2 aromatic carbocycles. The van der Waals surface area contributed by atoms with Crippen LogP contribution in [0, 0.1) is 6.92 Å². The first-order chi connectivity index (χ1) is 12.6. The summed E-state index contributed by atoms with van der Waals surface area (Å²) in [5, 5.41) is 5.22. The average molecular weight is 411 g/mol. The molecule has 26 heavy (non-hydrogen) atoms. The van der Waals surface area contributed by atoms with Gasteiger partial charge in [-0.25, -0.2) is 4.98 Å². The lowest BCUT2D eigenvalue weighted by Gasteiger charge is -2.03. The van der Waals surface area contributed by atoms with E-state index >= 15 is 0 Å². The van der Waals surface area contributed by atoms with Crippen LogP contribution in [0.5, 0.6) is 5.75 Å². The molecule has 0 amide bonds. The van der Waals surface area contributed by atoms with Gasteiger partial charge in [-0.1, -0.05) is 15.9 Å². The number of nitrogens with one attached hydrogen (secondary N) is 1. The molecular formula is C19H15BrN4O2. The molecule has 0 radical (unpaired) electrons. The van der Waals surface area contributed by atoms with Crippen molar-refractivity contribution in [3.8, 4) is 5.75 Å². The van der Waals surface area contributed by atoms with Gasteiger partial charge < -0.3 is 9.72 Å². The van der Waals surface area contributed by atoms with Crippen LogP contribution >= 0.6 is 15.9 Å². The van der Waals surface area contributed by atoms with Crippen molar-refractivity contribution in [2.45, 2.75) is 6.92 Å². The summed E-state index contributed by atoms with van der Waals surface area (Å²) in [6.07, 6.45) is 1.63. The van der Waals surface area contributed by atoms with E-state index in [1.54, 1.807) is 20.2 Å². The van der Waals surface area contributed by atoms with Crippen molar-refractivity contribution in [1.82, 2.24) is 14.6 Å². The van der Waals surface area contributed by atoms with E-state index in [2.05, 4.69) is 31.0 Å². The van der Waals surface area contributed by atoms with Gasteiger partial charge in [0.15, 0.2) is 0 Å². The Hall–Kier alpha value is -2.93. The molecule has 0 spiro atoms. The summed E-state index contributed by atoms with van der Waals surface area (Å²) < 4.78 is 7.38. The Morgan fingerprint density at radius 3 is 2.73 bits per heavy atom. The second-order valence-corrected chi connectivity index (χ2v) is 6.75. The van der Waals surface area contributed by atoms with E-state index in [4.69, 9.17) is 4.74 Å². The first-order valence-corrected chi connectivity index (χ1v) is 8.75. The number of H-pyrrole nitrogens is 1. The van der Waals surface area contributed by atoms with E-state index < -0.39 is 0 Å². The zero-order valence-corrected chi connectivity index (χ0v) is 15.7. The lowest BCUT2D eigenvalue weighted by molar-refractivity contribution is 0.415. The first kappa shape index (κ1) is 16.5. The number of fused-ring (bicyclic) bond motifs is 3. The van der Waals surface area contributed by atoms with Crippen LogP contribution in [0.1, 0.15) is 11.4 Å². The molecule has 0 saturated heterocycles. The number of aryl methyl sites for hydroxylation is 1. The zero-order chi connectivity index (χ0) is 18.3. The molecule has 0 unspecified atom stereocenters. The van der Waals surface area contributed by atoms with Gasteiger partial charge >= 0.3 is 0 Å². The molecule has 7 heteroatoms. The van der Waals surface area contributed by atoms with E-state index in [0.717, 1.165) is 26.7 Å². The maximum absolute atomic E-state index is 12.9. The van der Waals surface area contributed by atoms with E-state index in [1.807, 2.05) is 42.5 Å². The molecule has 6 nitrogen and oxygen atoms in total. The van der Waals surface area contributed by atoms with Crippen molar-refractivity contribution in [2.24, 2.45) is 5.10 Å². The van der Waals surface area contributed by atoms with Gasteiger partial charge in [0.05, 0.1) is 13.3 Å². The predicted molar refractivity (Wildman–Crippen MR) is 106 cm³/mol. The molecule has 0 aliphatic heterocycles. The fraction of sp³-hybridized carbons (Fsp3) is 0.105. The molecule has 0 atom stereocenters. The van der Waals surface area contributed by atoms with Crippen molar-refractivity contribution in [2.75, 3.05) is 7.11 Å². The standard InChI is InChI=1S/C19H15BrN4O2/c1-11-22-17-15-9-13(20)5-8-16(15)23-18(17)19(25)24(11)21-10-12-3-6-14(26-2)7-4-12/h3-10,23H,1-2H3/b21-10-. The molecular weight excluding hydrogens is 396 g/mol. The van der Waals surface area contributed by atoms with E-state index in [-0.39, 0.29) is 5.56 Å². The largest absolute Gasteiger partial charge is 0.497 e. The van der Waals surface area contributed by atoms with Crippen molar-refractivity contribution in [3.63, 3.8) is 0 Å². The normalized spacial score (nSPS) is 11.7. The minimum atomic E-state index is -0.232. The molecule has 4 rings (SSSR count). The van der Waals surface area contributed by atoms with Crippen molar-refractivity contribution >= 4 is 44.1 Å². The van der Waals surface area contributed by atoms with Gasteiger partial charge in [-0.05, 0) is 55.0 Å². The van der Waals surface area contributed by atoms with Crippen LogP contribution in [0.2, 0.25) is 0 Å². The predicted octanol–water partition coefficient (Wildman–Crippen LogP) is 3.84. The summed E-state index contributed by atoms with van der Waals surface area (Å²) in [4.78, 5) is 20.6. The van der Waals surface area contributed by atoms with Crippen LogP contribution in [0.3, 0.4) is 0 Å². The third-order valence-electron chi connectivity index (χ3n) is 4.16. The van der Waals surface area contributed by atoms with Gasteiger partial charge in [0.25, 0.3) is 5.56 Å². The van der Waals surface area contributed by atoms with Crippen molar-refractivity contribution in [3.05, 3.63) is 68.7 Å². The third kappa shape index (κ3) is 2.80. The Morgan fingerprint density at radius 2 is 2.00 bits per heavy atom. The van der Waals surface area contributed by atoms with Gasteiger partial charge in [0.2, 0.25) is 0 Å². The van der Waals surface area contributed by atoms with Gasteiger partial charge in [-0.15, -0.1) is 0 Å². The Balaban J connectivity index is 1.83. The topological polar surface area (TPSA) is 72.3 Å². The Labute approximate surface area is 157 Å². The molecule has 1 N–H and O–H groups in total. The highest BCUT2D eigenvalue weighted by Gasteiger charge is 2.13. The summed E-state index contributed by atoms with van der Waals surface area (Å²) in [5.41, 5.74) is 2.58. The number of methoxy groups -OCH3 is 1. The maximum atomic E-state index is 12.9. The molecule has 2 heterocycles. The van der Waals surface area contributed by atoms with Crippen molar-refractivity contribution < 1.29 is 4.74 Å². The third-order valence-corrected chi connectivity index (χ3v) is 4.65. The lowest BCUT2D eigenvalue weighted by Crippen LogP contribution is -2.20. The number of nitrogens with zero attached hydrogens (tertiary/aromatic N) is 3. The summed E-state index contributed by atoms with van der Waals surface area (Å²) >= 11 is 3.46. The van der Waals surface area contributed by atoms with Crippen LogP contribution < -0.4 is 10.3 Å². The van der Waals surface area contributed by atoms with Gasteiger partial charge in [0, 0.05) is 15.4 Å². The Kier molecular flexibility index (Phi) is 4.08. The number of aromatic nitrogens is 3. The van der Waals surface area contributed by atoms with Gasteiger partial charge in [0.1, 0.15) is 22.6 Å². The lowest BCUT2D eigenvalue weighted by atomic mass is 10.2. The van der Waals surface area contributed by atoms with Crippen LogP contribution in [0.15, 0.2) is 56.8 Å². The van der Waals surface area contributed by atoms with Crippen molar-refractivity contribution in [1.29, 1.82) is 0 Å². The number of benzene rings is 2. The van der Waals surface area contributed by atoms with Crippen LogP contribution in [-0.4, -0.2) is 28.0 Å². The minimum absolute atomic E-state index is 0.232. The van der Waals surface area contributed by atoms with Crippen LogP contribution in [-0.2, 0) is 0 Å². The second-order valence-electron chi connectivity index (χ2n) is 5.83. The smallest absolute Gasteiger partial charge is 0.298 e. The molecule has 4 aromatic rings. The number of ether oxygens (including phenoxy) is 1. The highest BCUT2D eigenvalue weighted by molar-refractivity contribution is 9.10. The first-order valence-electron chi connectivity index (χ1n) is 7.96. The molecule has 130 valence electrons. The molecule has 0 saturated carbocycles. The minimum Gasteiger partial charge on any atom is -0.497 e. The number of hydrogen-bond donors (Lipinski definition) is 1. The number of halogens is 1. The molecule has 0 bridgehead atoms. The van der Waals surface area contributed by atoms with E-state index in [9.17, 15) is 4.79 Å². The van der Waals surface area contributed by atoms with Gasteiger partial charge in [-0.2, -0.15) is 9.78 Å². The Morgan fingerprint density at radius 1 is 1.23 bits per heavy atom. The molecule has 0 aliphatic carbocycles. The fourth-order valence-corrected chi connectivity index (χ4v) is 3.19. The monoisotopic (exact) mass is 410 g/mol. The summed E-state index contributed by atoms with van der Waals surface area (Å²) in [7, 11) is 1.62. The molecule has 0 fully saturated rings. The summed E-state index contributed by atoms with van der Waals surface area (Å²) in [5.74, 6) is 1.29. The summed E-state index contributed by atoms with van der Waals surface area (Å²) in [6, 6.07) is 13.2.